The van der Waals surface area contributed by atoms with E-state index in [0.29, 0.717) is 18.1 Å². The van der Waals surface area contributed by atoms with Crippen LogP contribution in [0.1, 0.15) is 30.1 Å². The molecule has 3 rings (SSSR count). The van der Waals surface area contributed by atoms with Crippen LogP contribution in [0.3, 0.4) is 0 Å². The Morgan fingerprint density at radius 1 is 1.28 bits per heavy atom. The molecule has 1 aliphatic heterocycles. The summed E-state index contributed by atoms with van der Waals surface area (Å²) in [6, 6.07) is 2.75. The Morgan fingerprint density at radius 3 is 2.61 bits per heavy atom. The van der Waals surface area contributed by atoms with E-state index in [2.05, 4.69) is 15.4 Å². The van der Waals surface area contributed by atoms with Gasteiger partial charge in [-0.1, -0.05) is 0 Å². The largest absolute Gasteiger partial charge is 0.433 e. The summed E-state index contributed by atoms with van der Waals surface area (Å²) in [5, 5.41) is 1.56. The van der Waals surface area contributed by atoms with Gasteiger partial charge in [-0.05, 0) is 25.0 Å². The third kappa shape index (κ3) is 2.12. The van der Waals surface area contributed by atoms with E-state index in [0.717, 1.165) is 18.9 Å². The molecule has 96 valence electrons. The molecular weight excluding hydrogens is 245 g/mol. The second-order valence-corrected chi connectivity index (χ2v) is 4.42. The maximum atomic E-state index is 12.8. The molecule has 0 saturated heterocycles. The van der Waals surface area contributed by atoms with Crippen molar-refractivity contribution in [2.45, 2.75) is 24.9 Å². The van der Waals surface area contributed by atoms with Gasteiger partial charge in [-0.25, -0.2) is 4.98 Å². The number of hydrogen-bond acceptors (Lipinski definition) is 4. The number of pyridine rings is 1. The van der Waals surface area contributed by atoms with Gasteiger partial charge in [-0.3, -0.25) is 15.4 Å². The minimum Gasteiger partial charge on any atom is -0.286 e. The maximum absolute atomic E-state index is 12.8. The van der Waals surface area contributed by atoms with Crippen LogP contribution in [0.2, 0.25) is 0 Å². The first kappa shape index (κ1) is 11.3. The van der Waals surface area contributed by atoms with E-state index in [1.165, 1.54) is 6.34 Å². The molecule has 0 unspecified atom stereocenters. The van der Waals surface area contributed by atoms with Crippen molar-refractivity contribution in [2.75, 3.05) is 11.7 Å². The average Bonchev–Trinajstić information content (AvgIpc) is 3.03. The summed E-state index contributed by atoms with van der Waals surface area (Å²) in [5.74, 6) is 0.176. The van der Waals surface area contributed by atoms with E-state index in [-0.39, 0.29) is 5.92 Å². The first-order chi connectivity index (χ1) is 8.54. The monoisotopic (exact) mass is 256 g/mol. The zero-order valence-corrected chi connectivity index (χ0v) is 9.41. The molecule has 4 nitrogen and oxygen atoms in total. The van der Waals surface area contributed by atoms with Gasteiger partial charge >= 0.3 is 6.18 Å². The van der Waals surface area contributed by atoms with E-state index in [9.17, 15) is 13.2 Å². The van der Waals surface area contributed by atoms with Crippen molar-refractivity contribution in [1.82, 2.24) is 10.4 Å². The van der Waals surface area contributed by atoms with Crippen molar-refractivity contribution in [3.05, 3.63) is 23.5 Å². The molecule has 0 bridgehead atoms. The molecule has 0 amide bonds. The van der Waals surface area contributed by atoms with Crippen molar-refractivity contribution in [2.24, 2.45) is 4.99 Å². The molecule has 2 heterocycles. The van der Waals surface area contributed by atoms with Crippen LogP contribution in [0, 0.1) is 0 Å². The van der Waals surface area contributed by atoms with E-state index in [1.54, 1.807) is 11.1 Å². The van der Waals surface area contributed by atoms with E-state index < -0.39 is 11.9 Å². The van der Waals surface area contributed by atoms with Gasteiger partial charge in [-0.15, -0.1) is 0 Å². The molecule has 1 aromatic rings. The van der Waals surface area contributed by atoms with Crippen LogP contribution in [0.5, 0.6) is 0 Å². The molecule has 7 heteroatoms. The Balaban J connectivity index is 1.99. The first-order valence-corrected chi connectivity index (χ1v) is 5.65. The van der Waals surface area contributed by atoms with Gasteiger partial charge in [0.15, 0.2) is 0 Å². The number of nitrogens with one attached hydrogen (secondary N) is 1. The van der Waals surface area contributed by atoms with Crippen LogP contribution in [-0.2, 0) is 6.18 Å². The third-order valence-electron chi connectivity index (χ3n) is 2.96. The van der Waals surface area contributed by atoms with Gasteiger partial charge in [0.25, 0.3) is 0 Å². The number of aliphatic imine (C=N–C) groups is 1. The highest BCUT2D eigenvalue weighted by Crippen LogP contribution is 2.41. The van der Waals surface area contributed by atoms with Crippen molar-refractivity contribution >= 4 is 12.0 Å². The lowest BCUT2D eigenvalue weighted by Gasteiger charge is -2.19. The lowest BCUT2D eigenvalue weighted by atomic mass is 10.2. The summed E-state index contributed by atoms with van der Waals surface area (Å²) in [6.07, 6.45) is -1.12. The highest BCUT2D eigenvalue weighted by Gasteiger charge is 2.36. The third-order valence-corrected chi connectivity index (χ3v) is 2.96. The number of rotatable bonds is 2. The van der Waals surface area contributed by atoms with Gasteiger partial charge in [0.2, 0.25) is 0 Å². The highest BCUT2D eigenvalue weighted by molar-refractivity contribution is 5.64. The normalized spacial score (nSPS) is 19.2. The zero-order valence-electron chi connectivity index (χ0n) is 9.41. The minimum absolute atomic E-state index is 0.176. The summed E-state index contributed by atoms with van der Waals surface area (Å²) < 4.78 is 38.4. The lowest BCUT2D eigenvalue weighted by molar-refractivity contribution is -0.141. The molecule has 1 aromatic heterocycles. The number of hydrazine groups is 1. The SMILES string of the molecule is FC(F)(F)c1cc(N2CN=CN2)cc(C2CC2)n1. The second-order valence-electron chi connectivity index (χ2n) is 4.42. The highest BCUT2D eigenvalue weighted by atomic mass is 19.4. The average molecular weight is 256 g/mol. The van der Waals surface area contributed by atoms with Crippen LogP contribution in [0.15, 0.2) is 17.1 Å². The molecule has 18 heavy (non-hydrogen) atoms. The van der Waals surface area contributed by atoms with E-state index in [1.807, 2.05) is 0 Å². The summed E-state index contributed by atoms with van der Waals surface area (Å²) in [7, 11) is 0. The van der Waals surface area contributed by atoms with E-state index >= 15 is 0 Å². The molecule has 1 N–H and O–H groups in total. The maximum Gasteiger partial charge on any atom is 0.433 e. The van der Waals surface area contributed by atoms with Crippen LogP contribution in [0.4, 0.5) is 18.9 Å². The van der Waals surface area contributed by atoms with Crippen molar-refractivity contribution in [1.29, 1.82) is 0 Å². The van der Waals surface area contributed by atoms with Crippen LogP contribution in [0.25, 0.3) is 0 Å². The molecule has 0 radical (unpaired) electrons. The predicted octanol–water partition coefficient (Wildman–Crippen LogP) is 2.29. The standard InChI is InChI=1S/C11H11F3N4/c12-11(13,14)10-4-8(18-6-15-5-16-18)3-9(17-10)7-1-2-7/h3-5,7H,1-2,6H2,(H,15,16). The Kier molecular flexibility index (Phi) is 2.42. The fraction of sp³-hybridized carbons (Fsp3) is 0.455. The fourth-order valence-corrected chi connectivity index (χ4v) is 1.86. The molecular formula is C11H11F3N4. The summed E-state index contributed by atoms with van der Waals surface area (Å²) in [4.78, 5) is 7.63. The number of halogens is 3. The van der Waals surface area contributed by atoms with Gasteiger partial charge in [0, 0.05) is 11.6 Å². The summed E-state index contributed by atoms with van der Waals surface area (Å²) >= 11 is 0. The number of aromatic nitrogens is 1. The Bertz CT molecular complexity index is 486. The van der Waals surface area contributed by atoms with E-state index in [4.69, 9.17) is 0 Å². The molecule has 2 aliphatic rings. The lowest BCUT2D eigenvalue weighted by Crippen LogP contribution is -2.32. The molecule has 0 aromatic carbocycles. The molecule has 0 spiro atoms. The molecule has 1 saturated carbocycles. The molecule has 0 atom stereocenters. The van der Waals surface area contributed by atoms with Crippen LogP contribution < -0.4 is 10.4 Å². The van der Waals surface area contributed by atoms with Crippen molar-refractivity contribution < 1.29 is 13.2 Å². The predicted molar refractivity (Wildman–Crippen MR) is 60.2 cm³/mol. The fourth-order valence-electron chi connectivity index (χ4n) is 1.86. The Morgan fingerprint density at radius 2 is 2.06 bits per heavy atom. The molecule has 1 aliphatic carbocycles. The molecule has 1 fully saturated rings. The van der Waals surface area contributed by atoms with Gasteiger partial charge < -0.3 is 0 Å². The van der Waals surface area contributed by atoms with Gasteiger partial charge in [0.05, 0.1) is 5.69 Å². The van der Waals surface area contributed by atoms with Gasteiger partial charge in [-0.2, -0.15) is 13.2 Å². The first-order valence-electron chi connectivity index (χ1n) is 5.65. The Hall–Kier alpha value is -1.79. The Labute approximate surface area is 102 Å². The number of alkyl halides is 3. The van der Waals surface area contributed by atoms with Crippen molar-refractivity contribution in [3.63, 3.8) is 0 Å². The topological polar surface area (TPSA) is 40.5 Å². The van der Waals surface area contributed by atoms with Crippen LogP contribution >= 0.6 is 0 Å². The number of hydrogen-bond donors (Lipinski definition) is 1. The minimum atomic E-state index is -4.42. The van der Waals surface area contributed by atoms with Crippen molar-refractivity contribution in [3.8, 4) is 0 Å². The van der Waals surface area contributed by atoms with Gasteiger partial charge in [0.1, 0.15) is 18.7 Å². The quantitative estimate of drug-likeness (QED) is 0.882. The zero-order chi connectivity index (χ0) is 12.8. The number of anilines is 1. The summed E-state index contributed by atoms with van der Waals surface area (Å²) in [6.45, 7) is 0.311. The second kappa shape index (κ2) is 3.86. The number of nitrogens with zero attached hydrogens (tertiary/aromatic N) is 3. The van der Waals surface area contributed by atoms with Crippen LogP contribution in [-0.4, -0.2) is 18.0 Å². The smallest absolute Gasteiger partial charge is 0.286 e. The summed E-state index contributed by atoms with van der Waals surface area (Å²) in [5.41, 5.74) is 2.92.